The van der Waals surface area contributed by atoms with Crippen LogP contribution < -0.4 is 10.2 Å². The fourth-order valence-corrected chi connectivity index (χ4v) is 1.87. The van der Waals surface area contributed by atoms with Crippen LogP contribution in [0, 0.1) is 10.1 Å². The molecule has 86 valence electrons. The average molecular weight is 287 g/mol. The van der Waals surface area contributed by atoms with Crippen LogP contribution in [0.5, 0.6) is 0 Å². The van der Waals surface area contributed by atoms with Crippen molar-refractivity contribution in [2.24, 2.45) is 0 Å². The van der Waals surface area contributed by atoms with E-state index in [-0.39, 0.29) is 11.7 Å². The number of hydrogen-bond acceptors (Lipinski definition) is 5. The van der Waals surface area contributed by atoms with Gasteiger partial charge in [-0.25, -0.2) is 4.98 Å². The van der Waals surface area contributed by atoms with Gasteiger partial charge in [0.25, 0.3) is 0 Å². The fraction of sp³-hybridized carbons (Fsp3) is 0.444. The molecule has 1 aromatic rings. The van der Waals surface area contributed by atoms with Gasteiger partial charge in [0, 0.05) is 36.9 Å². The zero-order chi connectivity index (χ0) is 11.7. The van der Waals surface area contributed by atoms with Crippen molar-refractivity contribution in [3.63, 3.8) is 0 Å². The average Bonchev–Trinajstić information content (AvgIpc) is 2.14. The molecule has 1 aromatic heterocycles. The molecule has 16 heavy (non-hydrogen) atoms. The Kier molecular flexibility index (Phi) is 3.06. The normalized spacial score (nSPS) is 15.6. The van der Waals surface area contributed by atoms with Crippen LogP contribution in [-0.2, 0) is 0 Å². The van der Waals surface area contributed by atoms with Gasteiger partial charge in [-0.15, -0.1) is 0 Å². The highest BCUT2D eigenvalue weighted by molar-refractivity contribution is 9.10. The van der Waals surface area contributed by atoms with Gasteiger partial charge in [0.05, 0.1) is 11.0 Å². The van der Waals surface area contributed by atoms with Crippen molar-refractivity contribution in [2.75, 3.05) is 25.0 Å². The van der Waals surface area contributed by atoms with E-state index in [0.717, 1.165) is 13.1 Å². The van der Waals surface area contributed by atoms with Gasteiger partial charge >= 0.3 is 5.69 Å². The number of halogens is 1. The van der Waals surface area contributed by atoms with Crippen molar-refractivity contribution < 1.29 is 4.92 Å². The first-order valence-corrected chi connectivity index (χ1v) is 5.62. The molecular weight excluding hydrogens is 276 g/mol. The summed E-state index contributed by atoms with van der Waals surface area (Å²) in [6, 6.07) is 1.76. The first-order valence-electron chi connectivity index (χ1n) is 4.83. The number of nitrogens with one attached hydrogen (secondary N) is 1. The van der Waals surface area contributed by atoms with Gasteiger partial charge in [0.1, 0.15) is 0 Å². The van der Waals surface area contributed by atoms with Crippen LogP contribution in [0.4, 0.5) is 11.5 Å². The lowest BCUT2D eigenvalue weighted by Crippen LogP contribution is -2.56. The maximum atomic E-state index is 10.9. The van der Waals surface area contributed by atoms with Crippen LogP contribution in [0.1, 0.15) is 0 Å². The largest absolute Gasteiger partial charge is 0.348 e. The van der Waals surface area contributed by atoms with E-state index in [2.05, 4.69) is 26.2 Å². The number of nitro groups is 1. The Morgan fingerprint density at radius 1 is 1.69 bits per heavy atom. The zero-order valence-corrected chi connectivity index (χ0v) is 10.3. The molecule has 7 heteroatoms. The number of rotatable bonds is 3. The number of pyridine rings is 1. The van der Waals surface area contributed by atoms with Gasteiger partial charge in [0.2, 0.25) is 5.82 Å². The topological polar surface area (TPSA) is 71.3 Å². The number of hydrogen-bond donors (Lipinski definition) is 1. The smallest absolute Gasteiger partial charge is 0.312 e. The van der Waals surface area contributed by atoms with Crippen LogP contribution in [0.3, 0.4) is 0 Å². The molecule has 0 radical (unpaired) electrons. The van der Waals surface area contributed by atoms with Gasteiger partial charge in [-0.1, -0.05) is 0 Å². The molecular formula is C9H11BrN4O2. The second kappa shape index (κ2) is 4.34. The van der Waals surface area contributed by atoms with Crippen LogP contribution in [0.2, 0.25) is 0 Å². The molecule has 2 heterocycles. The first-order chi connectivity index (χ1) is 7.59. The van der Waals surface area contributed by atoms with Gasteiger partial charge < -0.3 is 10.2 Å². The first kappa shape index (κ1) is 11.3. The molecule has 0 saturated carbocycles. The summed E-state index contributed by atoms with van der Waals surface area (Å²) in [5, 5.41) is 14.0. The molecule has 2 rings (SSSR count). The molecule has 1 saturated heterocycles. The molecule has 1 fully saturated rings. The highest BCUT2D eigenvalue weighted by Crippen LogP contribution is 2.29. The van der Waals surface area contributed by atoms with Crippen LogP contribution in [0.25, 0.3) is 0 Å². The SMILES string of the molecule is CN(c1ncc(Br)cc1[N+](=O)[O-])C1CNC1. The van der Waals surface area contributed by atoms with Crippen molar-refractivity contribution in [1.82, 2.24) is 10.3 Å². The van der Waals surface area contributed by atoms with E-state index in [4.69, 9.17) is 0 Å². The Bertz CT molecular complexity index is 422. The summed E-state index contributed by atoms with van der Waals surface area (Å²) in [5.41, 5.74) is 0.0313. The predicted octanol–water partition coefficient (Wildman–Crippen LogP) is 1.16. The minimum Gasteiger partial charge on any atom is -0.348 e. The van der Waals surface area contributed by atoms with E-state index in [9.17, 15) is 10.1 Å². The highest BCUT2D eigenvalue weighted by atomic mass is 79.9. The van der Waals surface area contributed by atoms with Gasteiger partial charge in [-0.05, 0) is 15.9 Å². The standard InChI is InChI=1S/C9H11BrN4O2/c1-13(7-4-11-5-7)9-8(14(15)16)2-6(10)3-12-9/h2-3,7,11H,4-5H2,1H3. The third-order valence-electron chi connectivity index (χ3n) is 2.65. The summed E-state index contributed by atoms with van der Waals surface area (Å²) in [7, 11) is 1.83. The van der Waals surface area contributed by atoms with Gasteiger partial charge in [-0.3, -0.25) is 10.1 Å². The van der Waals surface area contributed by atoms with Crippen molar-refractivity contribution >= 4 is 27.4 Å². The number of aromatic nitrogens is 1. The van der Waals surface area contributed by atoms with E-state index in [1.807, 2.05) is 11.9 Å². The zero-order valence-electron chi connectivity index (χ0n) is 8.68. The Labute approximate surface area is 101 Å². The Morgan fingerprint density at radius 3 is 2.88 bits per heavy atom. The molecule has 0 amide bonds. The Balaban J connectivity index is 2.34. The Hall–Kier alpha value is -1.21. The highest BCUT2D eigenvalue weighted by Gasteiger charge is 2.28. The van der Waals surface area contributed by atoms with Crippen molar-refractivity contribution in [2.45, 2.75) is 6.04 Å². The summed E-state index contributed by atoms with van der Waals surface area (Å²) in [6.45, 7) is 1.68. The molecule has 1 aliphatic rings. The quantitative estimate of drug-likeness (QED) is 0.667. The van der Waals surface area contributed by atoms with Crippen molar-refractivity contribution in [1.29, 1.82) is 0 Å². The third-order valence-corrected chi connectivity index (χ3v) is 3.09. The molecule has 0 unspecified atom stereocenters. The van der Waals surface area contributed by atoms with Gasteiger partial charge in [-0.2, -0.15) is 0 Å². The van der Waals surface area contributed by atoms with E-state index in [1.54, 1.807) is 6.20 Å². The number of nitrogens with zero attached hydrogens (tertiary/aromatic N) is 3. The lowest BCUT2D eigenvalue weighted by atomic mass is 10.1. The molecule has 0 atom stereocenters. The second-order valence-corrected chi connectivity index (χ2v) is 4.59. The minimum absolute atomic E-state index is 0.0313. The maximum absolute atomic E-state index is 10.9. The molecule has 1 N–H and O–H groups in total. The lowest BCUT2D eigenvalue weighted by molar-refractivity contribution is -0.384. The minimum atomic E-state index is -0.407. The lowest BCUT2D eigenvalue weighted by Gasteiger charge is -2.35. The summed E-state index contributed by atoms with van der Waals surface area (Å²) < 4.78 is 0.614. The van der Waals surface area contributed by atoms with E-state index in [1.165, 1.54) is 6.07 Å². The molecule has 0 spiro atoms. The van der Waals surface area contributed by atoms with E-state index < -0.39 is 4.92 Å². The summed E-state index contributed by atoms with van der Waals surface area (Å²) in [4.78, 5) is 16.5. The van der Waals surface area contributed by atoms with E-state index in [0.29, 0.717) is 10.3 Å². The maximum Gasteiger partial charge on any atom is 0.312 e. The monoisotopic (exact) mass is 286 g/mol. The molecule has 6 nitrogen and oxygen atoms in total. The summed E-state index contributed by atoms with van der Waals surface area (Å²) >= 11 is 3.18. The summed E-state index contributed by atoms with van der Waals surface area (Å²) in [5.74, 6) is 0.416. The van der Waals surface area contributed by atoms with Crippen molar-refractivity contribution in [3.05, 3.63) is 26.9 Å². The Morgan fingerprint density at radius 2 is 2.38 bits per heavy atom. The molecule has 0 aromatic carbocycles. The van der Waals surface area contributed by atoms with Crippen LogP contribution in [-0.4, -0.2) is 36.1 Å². The number of anilines is 1. The second-order valence-electron chi connectivity index (χ2n) is 3.68. The number of likely N-dealkylation sites (N-methyl/N-ethyl adjacent to an activating group) is 1. The van der Waals surface area contributed by atoms with E-state index >= 15 is 0 Å². The molecule has 1 aliphatic heterocycles. The van der Waals surface area contributed by atoms with Crippen molar-refractivity contribution in [3.8, 4) is 0 Å². The summed E-state index contributed by atoms with van der Waals surface area (Å²) in [6.07, 6.45) is 1.57. The fourth-order valence-electron chi connectivity index (χ4n) is 1.55. The van der Waals surface area contributed by atoms with Crippen LogP contribution in [0.15, 0.2) is 16.7 Å². The molecule has 0 bridgehead atoms. The van der Waals surface area contributed by atoms with Crippen LogP contribution >= 0.6 is 15.9 Å². The molecule has 0 aliphatic carbocycles. The predicted molar refractivity (Wildman–Crippen MR) is 63.7 cm³/mol. The third kappa shape index (κ3) is 2.00. The van der Waals surface area contributed by atoms with Gasteiger partial charge in [0.15, 0.2) is 0 Å².